The number of hydrogen-bond donors (Lipinski definition) is 0. The SMILES string of the molecule is CS(=O)c1ccc(C(=O)OCC(=O)N2CCN(Cc3ccccc3)CC2)cc1. The lowest BCUT2D eigenvalue weighted by Gasteiger charge is -2.34. The van der Waals surface area contributed by atoms with Crippen LogP contribution in [0.4, 0.5) is 0 Å². The Bertz CT molecular complexity index is 831. The van der Waals surface area contributed by atoms with Crippen LogP contribution in [0.2, 0.25) is 0 Å². The van der Waals surface area contributed by atoms with Gasteiger partial charge in [0.15, 0.2) is 6.61 Å². The van der Waals surface area contributed by atoms with Crippen molar-refractivity contribution in [2.24, 2.45) is 0 Å². The molecule has 0 aromatic heterocycles. The van der Waals surface area contributed by atoms with Crippen molar-refractivity contribution in [2.45, 2.75) is 11.4 Å². The monoisotopic (exact) mass is 400 g/mol. The highest BCUT2D eigenvalue weighted by Gasteiger charge is 2.22. The average molecular weight is 401 g/mol. The Morgan fingerprint density at radius 2 is 1.61 bits per heavy atom. The van der Waals surface area contributed by atoms with E-state index in [9.17, 15) is 13.8 Å². The second kappa shape index (κ2) is 9.61. The van der Waals surface area contributed by atoms with Crippen LogP contribution >= 0.6 is 0 Å². The number of benzene rings is 2. The Morgan fingerprint density at radius 1 is 0.964 bits per heavy atom. The molecule has 0 saturated carbocycles. The van der Waals surface area contributed by atoms with Crippen molar-refractivity contribution in [3.05, 3.63) is 65.7 Å². The van der Waals surface area contributed by atoms with Gasteiger partial charge in [-0.25, -0.2) is 4.79 Å². The third kappa shape index (κ3) is 5.50. The highest BCUT2D eigenvalue weighted by atomic mass is 32.2. The van der Waals surface area contributed by atoms with Crippen LogP contribution in [-0.2, 0) is 26.9 Å². The van der Waals surface area contributed by atoms with Gasteiger partial charge in [0.1, 0.15) is 0 Å². The molecular weight excluding hydrogens is 376 g/mol. The second-order valence-corrected chi connectivity index (χ2v) is 8.08. The lowest BCUT2D eigenvalue weighted by molar-refractivity contribution is -0.136. The van der Waals surface area contributed by atoms with Crippen LogP contribution < -0.4 is 0 Å². The summed E-state index contributed by atoms with van der Waals surface area (Å²) in [5.41, 5.74) is 1.60. The molecule has 0 spiro atoms. The molecule has 6 nitrogen and oxygen atoms in total. The zero-order valence-corrected chi connectivity index (χ0v) is 16.7. The first-order chi connectivity index (χ1) is 13.5. The normalized spacial score (nSPS) is 15.8. The summed E-state index contributed by atoms with van der Waals surface area (Å²) in [6.45, 7) is 3.45. The molecule has 2 aromatic carbocycles. The molecule has 1 aliphatic rings. The number of ether oxygens (including phenoxy) is 1. The molecule has 148 valence electrons. The van der Waals surface area contributed by atoms with E-state index in [1.807, 2.05) is 18.2 Å². The van der Waals surface area contributed by atoms with E-state index in [0.29, 0.717) is 23.5 Å². The molecule has 1 unspecified atom stereocenters. The molecule has 0 radical (unpaired) electrons. The maximum Gasteiger partial charge on any atom is 0.338 e. The number of nitrogens with zero attached hydrogens (tertiary/aromatic N) is 2. The van der Waals surface area contributed by atoms with E-state index in [-0.39, 0.29) is 12.5 Å². The maximum atomic E-state index is 12.3. The Labute approximate surface area is 167 Å². The summed E-state index contributed by atoms with van der Waals surface area (Å²) in [6.07, 6.45) is 1.57. The van der Waals surface area contributed by atoms with Crippen molar-refractivity contribution < 1.29 is 18.5 Å². The van der Waals surface area contributed by atoms with Gasteiger partial charge in [0.25, 0.3) is 5.91 Å². The molecule has 3 rings (SSSR count). The molecule has 0 N–H and O–H groups in total. The fourth-order valence-electron chi connectivity index (χ4n) is 3.08. The summed E-state index contributed by atoms with van der Waals surface area (Å²) in [5, 5.41) is 0. The predicted molar refractivity (Wildman–Crippen MR) is 107 cm³/mol. The lowest BCUT2D eigenvalue weighted by atomic mass is 10.2. The van der Waals surface area contributed by atoms with Gasteiger partial charge in [-0.1, -0.05) is 30.3 Å². The smallest absolute Gasteiger partial charge is 0.338 e. The Balaban J connectivity index is 1.43. The zero-order chi connectivity index (χ0) is 19.9. The van der Waals surface area contributed by atoms with E-state index in [1.165, 1.54) is 5.56 Å². The van der Waals surface area contributed by atoms with Crippen LogP contribution in [0.5, 0.6) is 0 Å². The minimum Gasteiger partial charge on any atom is -0.452 e. The molecule has 7 heteroatoms. The molecule has 28 heavy (non-hydrogen) atoms. The van der Waals surface area contributed by atoms with Crippen LogP contribution in [0, 0.1) is 0 Å². The van der Waals surface area contributed by atoms with Crippen molar-refractivity contribution in [1.82, 2.24) is 9.80 Å². The van der Waals surface area contributed by atoms with Gasteiger partial charge in [-0.15, -0.1) is 0 Å². The van der Waals surface area contributed by atoms with E-state index >= 15 is 0 Å². The largest absolute Gasteiger partial charge is 0.452 e. The molecule has 2 aromatic rings. The first kappa shape index (κ1) is 20.2. The number of hydrogen-bond acceptors (Lipinski definition) is 5. The van der Waals surface area contributed by atoms with Gasteiger partial charge in [-0.05, 0) is 29.8 Å². The summed E-state index contributed by atoms with van der Waals surface area (Å²) in [5.74, 6) is -0.733. The summed E-state index contributed by atoms with van der Waals surface area (Å²) >= 11 is 0. The molecule has 0 aliphatic carbocycles. The highest BCUT2D eigenvalue weighted by Crippen LogP contribution is 2.11. The van der Waals surface area contributed by atoms with Gasteiger partial charge in [0, 0.05) is 54.7 Å². The average Bonchev–Trinajstić information content (AvgIpc) is 2.73. The van der Waals surface area contributed by atoms with Crippen LogP contribution in [0.3, 0.4) is 0 Å². The van der Waals surface area contributed by atoms with E-state index in [1.54, 1.807) is 35.4 Å². The van der Waals surface area contributed by atoms with Gasteiger partial charge in [-0.3, -0.25) is 13.9 Å². The molecular formula is C21H24N2O4S. The number of esters is 1. The molecule has 1 atom stereocenters. The molecule has 1 saturated heterocycles. The quantitative estimate of drug-likeness (QED) is 0.693. The molecule has 1 heterocycles. The van der Waals surface area contributed by atoms with Gasteiger partial charge in [0.05, 0.1) is 5.56 Å². The van der Waals surface area contributed by atoms with Gasteiger partial charge < -0.3 is 9.64 Å². The van der Waals surface area contributed by atoms with Crippen LogP contribution in [-0.4, -0.2) is 64.9 Å². The predicted octanol–water partition coefficient (Wildman–Crippen LogP) is 1.93. The first-order valence-corrected chi connectivity index (χ1v) is 10.7. The summed E-state index contributed by atoms with van der Waals surface area (Å²) in [4.78, 5) is 29.1. The van der Waals surface area contributed by atoms with E-state index in [4.69, 9.17) is 4.74 Å². The fourth-order valence-corrected chi connectivity index (χ4v) is 3.60. The van der Waals surface area contributed by atoms with E-state index in [2.05, 4.69) is 17.0 Å². The summed E-state index contributed by atoms with van der Waals surface area (Å²) < 4.78 is 16.5. The third-order valence-corrected chi connectivity index (χ3v) is 5.66. The topological polar surface area (TPSA) is 66.9 Å². The zero-order valence-electron chi connectivity index (χ0n) is 15.9. The van der Waals surface area contributed by atoms with Gasteiger partial charge in [0.2, 0.25) is 0 Å². The Kier molecular flexibility index (Phi) is 6.95. The van der Waals surface area contributed by atoms with E-state index in [0.717, 1.165) is 19.6 Å². The maximum absolute atomic E-state index is 12.3. The number of amides is 1. The minimum absolute atomic E-state index is 0.181. The van der Waals surface area contributed by atoms with Crippen molar-refractivity contribution in [1.29, 1.82) is 0 Å². The second-order valence-electron chi connectivity index (χ2n) is 6.70. The number of carbonyl (C=O) groups is 2. The molecule has 1 amide bonds. The molecule has 1 fully saturated rings. The van der Waals surface area contributed by atoms with Gasteiger partial charge >= 0.3 is 5.97 Å². The first-order valence-electron chi connectivity index (χ1n) is 9.17. The Hall–Kier alpha value is -2.51. The summed E-state index contributed by atoms with van der Waals surface area (Å²) in [6, 6.07) is 16.6. The number of carbonyl (C=O) groups excluding carboxylic acids is 2. The highest BCUT2D eigenvalue weighted by molar-refractivity contribution is 7.84. The fraction of sp³-hybridized carbons (Fsp3) is 0.333. The lowest BCUT2D eigenvalue weighted by Crippen LogP contribution is -2.49. The van der Waals surface area contributed by atoms with Crippen molar-refractivity contribution >= 4 is 22.7 Å². The van der Waals surface area contributed by atoms with Gasteiger partial charge in [-0.2, -0.15) is 0 Å². The van der Waals surface area contributed by atoms with Crippen molar-refractivity contribution in [3.63, 3.8) is 0 Å². The number of rotatable bonds is 6. The molecule has 0 bridgehead atoms. The van der Waals surface area contributed by atoms with Crippen LogP contribution in [0.15, 0.2) is 59.5 Å². The standard InChI is InChI=1S/C21H24N2O4S/c1-28(26)19-9-7-18(8-10-19)21(25)27-16-20(24)23-13-11-22(12-14-23)15-17-5-3-2-4-6-17/h2-10H,11-16H2,1H3. The molecule has 1 aliphatic heterocycles. The summed E-state index contributed by atoms with van der Waals surface area (Å²) in [7, 11) is -1.10. The number of piperazine rings is 1. The van der Waals surface area contributed by atoms with Crippen molar-refractivity contribution in [2.75, 3.05) is 39.0 Å². The van der Waals surface area contributed by atoms with E-state index < -0.39 is 16.8 Å². The third-order valence-electron chi connectivity index (χ3n) is 4.72. The van der Waals surface area contributed by atoms with Crippen LogP contribution in [0.1, 0.15) is 15.9 Å². The minimum atomic E-state index is -1.10. The Morgan fingerprint density at radius 3 is 2.21 bits per heavy atom. The van der Waals surface area contributed by atoms with Crippen molar-refractivity contribution in [3.8, 4) is 0 Å². The van der Waals surface area contributed by atoms with Crippen LogP contribution in [0.25, 0.3) is 0 Å².